The molecular formula is C13H14BNO4S. The van der Waals surface area contributed by atoms with Gasteiger partial charge in [0.15, 0.2) is 0 Å². The molecule has 0 aliphatic heterocycles. The van der Waals surface area contributed by atoms with E-state index in [0.29, 0.717) is 5.69 Å². The molecule has 0 unspecified atom stereocenters. The summed E-state index contributed by atoms with van der Waals surface area (Å²) in [5.41, 5.74) is 0.662. The maximum atomic E-state index is 12.5. The molecule has 0 aliphatic carbocycles. The molecule has 0 saturated carbocycles. The molecule has 0 bridgehead atoms. The van der Waals surface area contributed by atoms with Crippen LogP contribution in [0.25, 0.3) is 0 Å². The summed E-state index contributed by atoms with van der Waals surface area (Å²) < 4.78 is 26.1. The van der Waals surface area contributed by atoms with E-state index >= 15 is 0 Å². The molecule has 0 saturated heterocycles. The number of hydrogen-bond acceptors (Lipinski definition) is 4. The summed E-state index contributed by atoms with van der Waals surface area (Å²) in [5, 5.41) is 18.2. The summed E-state index contributed by atoms with van der Waals surface area (Å²) in [6, 6.07) is 14.2. The van der Waals surface area contributed by atoms with Gasteiger partial charge in [-0.1, -0.05) is 30.3 Å². The molecule has 5 nitrogen and oxygen atoms in total. The number of sulfonamides is 1. The van der Waals surface area contributed by atoms with E-state index in [1.165, 1.54) is 31.3 Å². The topological polar surface area (TPSA) is 77.8 Å². The minimum Gasteiger partial charge on any atom is -0.423 e. The first-order chi connectivity index (χ1) is 9.43. The van der Waals surface area contributed by atoms with E-state index in [2.05, 4.69) is 0 Å². The van der Waals surface area contributed by atoms with Crippen LogP contribution in [0.2, 0.25) is 0 Å². The summed E-state index contributed by atoms with van der Waals surface area (Å²) in [6.45, 7) is 0. The van der Waals surface area contributed by atoms with Crippen LogP contribution < -0.4 is 9.77 Å². The molecule has 20 heavy (non-hydrogen) atoms. The van der Waals surface area contributed by atoms with Gasteiger partial charge < -0.3 is 10.0 Å². The minimum atomic E-state index is -3.74. The van der Waals surface area contributed by atoms with E-state index in [1.54, 1.807) is 30.3 Å². The largest absolute Gasteiger partial charge is 0.488 e. The van der Waals surface area contributed by atoms with Gasteiger partial charge in [-0.25, -0.2) is 8.42 Å². The maximum absolute atomic E-state index is 12.5. The van der Waals surface area contributed by atoms with Gasteiger partial charge in [0.1, 0.15) is 0 Å². The Balaban J connectivity index is 2.43. The lowest BCUT2D eigenvalue weighted by molar-refractivity contribution is 0.425. The number of anilines is 1. The molecular weight excluding hydrogens is 277 g/mol. The van der Waals surface area contributed by atoms with Crippen molar-refractivity contribution >= 4 is 28.3 Å². The number of para-hydroxylation sites is 1. The number of rotatable bonds is 4. The van der Waals surface area contributed by atoms with Gasteiger partial charge in [-0.2, -0.15) is 0 Å². The maximum Gasteiger partial charge on any atom is 0.488 e. The zero-order valence-electron chi connectivity index (χ0n) is 10.8. The zero-order chi connectivity index (χ0) is 14.8. The normalized spacial score (nSPS) is 11.2. The highest BCUT2D eigenvalue weighted by Crippen LogP contribution is 2.20. The fourth-order valence-corrected chi connectivity index (χ4v) is 3.02. The second kappa shape index (κ2) is 5.66. The van der Waals surface area contributed by atoms with Gasteiger partial charge in [-0.05, 0) is 29.7 Å². The number of benzene rings is 2. The second-order valence-electron chi connectivity index (χ2n) is 4.25. The van der Waals surface area contributed by atoms with Gasteiger partial charge in [-0.3, -0.25) is 4.31 Å². The van der Waals surface area contributed by atoms with Gasteiger partial charge in [0.25, 0.3) is 10.0 Å². The Labute approximate surface area is 118 Å². The van der Waals surface area contributed by atoms with Crippen molar-refractivity contribution in [3.8, 4) is 0 Å². The predicted octanol–water partition coefficient (Wildman–Crippen LogP) is 0.192. The lowest BCUT2D eigenvalue weighted by Crippen LogP contribution is -2.32. The summed E-state index contributed by atoms with van der Waals surface area (Å²) >= 11 is 0. The molecule has 0 atom stereocenters. The lowest BCUT2D eigenvalue weighted by atomic mass is 9.80. The Bertz CT molecular complexity index is 689. The Kier molecular flexibility index (Phi) is 4.13. The number of nitrogens with zero attached hydrogens (tertiary/aromatic N) is 1. The predicted molar refractivity (Wildman–Crippen MR) is 78.3 cm³/mol. The molecule has 104 valence electrons. The first-order valence-electron chi connectivity index (χ1n) is 5.93. The SMILES string of the molecule is CN(c1ccccc1)S(=O)(=O)c1cccc(B(O)O)c1. The third kappa shape index (κ3) is 2.85. The molecule has 2 aromatic carbocycles. The van der Waals surface area contributed by atoms with E-state index in [9.17, 15) is 8.42 Å². The quantitative estimate of drug-likeness (QED) is 0.788. The number of hydrogen-bond donors (Lipinski definition) is 2. The van der Waals surface area contributed by atoms with Crippen LogP contribution in [0.5, 0.6) is 0 Å². The first kappa shape index (κ1) is 14.6. The van der Waals surface area contributed by atoms with Crippen LogP contribution in [0.3, 0.4) is 0 Å². The van der Waals surface area contributed by atoms with Crippen molar-refractivity contribution in [3.05, 3.63) is 54.6 Å². The van der Waals surface area contributed by atoms with Gasteiger partial charge in [0.2, 0.25) is 0 Å². The average Bonchev–Trinajstić information content (AvgIpc) is 2.47. The van der Waals surface area contributed by atoms with Gasteiger partial charge >= 0.3 is 7.12 Å². The standard InChI is InChI=1S/C13H14BNO4S/c1-15(12-7-3-2-4-8-12)20(18,19)13-9-5-6-11(10-13)14(16)17/h2-10,16-17H,1H3. The fraction of sp³-hybridized carbons (Fsp3) is 0.0769. The average molecular weight is 291 g/mol. The molecule has 0 aliphatic rings. The highest BCUT2D eigenvalue weighted by molar-refractivity contribution is 7.92. The van der Waals surface area contributed by atoms with Gasteiger partial charge in [-0.15, -0.1) is 0 Å². The highest BCUT2D eigenvalue weighted by atomic mass is 32.2. The van der Waals surface area contributed by atoms with E-state index < -0.39 is 17.1 Å². The Morgan fingerprint density at radius 1 is 1.00 bits per heavy atom. The summed E-state index contributed by atoms with van der Waals surface area (Å²) in [7, 11) is -3.99. The monoisotopic (exact) mass is 291 g/mol. The van der Waals surface area contributed by atoms with Crippen molar-refractivity contribution in [1.29, 1.82) is 0 Å². The van der Waals surface area contributed by atoms with Crippen LogP contribution in [0.15, 0.2) is 59.5 Å². The van der Waals surface area contributed by atoms with E-state index in [4.69, 9.17) is 10.0 Å². The molecule has 0 fully saturated rings. The third-order valence-electron chi connectivity index (χ3n) is 2.93. The first-order valence-corrected chi connectivity index (χ1v) is 7.37. The van der Waals surface area contributed by atoms with Crippen molar-refractivity contribution in [1.82, 2.24) is 0 Å². The Hall–Kier alpha value is -1.83. The van der Waals surface area contributed by atoms with Crippen LogP contribution in [-0.4, -0.2) is 32.6 Å². The van der Waals surface area contributed by atoms with Crippen LogP contribution >= 0.6 is 0 Å². The van der Waals surface area contributed by atoms with Crippen LogP contribution in [0.1, 0.15) is 0 Å². The van der Waals surface area contributed by atoms with Crippen LogP contribution in [0.4, 0.5) is 5.69 Å². The molecule has 2 aromatic rings. The third-order valence-corrected chi connectivity index (χ3v) is 4.72. The Morgan fingerprint density at radius 3 is 2.25 bits per heavy atom. The van der Waals surface area contributed by atoms with E-state index in [1.807, 2.05) is 0 Å². The molecule has 7 heteroatoms. The van der Waals surface area contributed by atoms with Crippen molar-refractivity contribution in [2.75, 3.05) is 11.4 Å². The van der Waals surface area contributed by atoms with E-state index in [0.717, 1.165) is 4.31 Å². The molecule has 0 aromatic heterocycles. The van der Waals surface area contributed by atoms with Crippen molar-refractivity contribution < 1.29 is 18.5 Å². The summed E-state index contributed by atoms with van der Waals surface area (Å²) in [5.74, 6) is 0. The fourth-order valence-electron chi connectivity index (χ4n) is 1.77. The Morgan fingerprint density at radius 2 is 1.65 bits per heavy atom. The highest BCUT2D eigenvalue weighted by Gasteiger charge is 2.23. The second-order valence-corrected chi connectivity index (χ2v) is 6.22. The zero-order valence-corrected chi connectivity index (χ0v) is 11.7. The molecule has 0 heterocycles. The smallest absolute Gasteiger partial charge is 0.423 e. The van der Waals surface area contributed by atoms with E-state index in [-0.39, 0.29) is 10.4 Å². The summed E-state index contributed by atoms with van der Waals surface area (Å²) in [6.07, 6.45) is 0. The molecule has 0 spiro atoms. The van der Waals surface area contributed by atoms with Crippen LogP contribution in [-0.2, 0) is 10.0 Å². The minimum absolute atomic E-state index is 0.00875. The molecule has 2 N–H and O–H groups in total. The van der Waals surface area contributed by atoms with Crippen molar-refractivity contribution in [3.63, 3.8) is 0 Å². The lowest BCUT2D eigenvalue weighted by Gasteiger charge is -2.19. The molecule has 0 radical (unpaired) electrons. The molecule has 0 amide bonds. The van der Waals surface area contributed by atoms with Crippen molar-refractivity contribution in [2.24, 2.45) is 0 Å². The molecule has 2 rings (SSSR count). The van der Waals surface area contributed by atoms with Crippen LogP contribution in [0, 0.1) is 0 Å². The van der Waals surface area contributed by atoms with Gasteiger partial charge in [0, 0.05) is 7.05 Å². The summed E-state index contributed by atoms with van der Waals surface area (Å²) in [4.78, 5) is 0.00875. The van der Waals surface area contributed by atoms with Crippen molar-refractivity contribution in [2.45, 2.75) is 4.90 Å². The van der Waals surface area contributed by atoms with Gasteiger partial charge in [0.05, 0.1) is 10.6 Å².